The molecule has 0 radical (unpaired) electrons. The predicted molar refractivity (Wildman–Crippen MR) is 72.8 cm³/mol. The molecule has 1 aliphatic rings. The number of benzene rings is 1. The number of carbonyl (C=O) groups excluding carboxylic acids is 1. The highest BCUT2D eigenvalue weighted by molar-refractivity contribution is 7.80. The molecule has 1 heterocycles. The molecule has 0 saturated carbocycles. The number of urea groups is 1. The van der Waals surface area contributed by atoms with E-state index in [-0.39, 0.29) is 23.4 Å². The summed E-state index contributed by atoms with van der Waals surface area (Å²) in [6.07, 6.45) is 0. The zero-order chi connectivity index (χ0) is 13.8. The second kappa shape index (κ2) is 5.83. The van der Waals surface area contributed by atoms with Crippen molar-refractivity contribution in [2.75, 3.05) is 26.2 Å². The second-order valence-corrected chi connectivity index (χ2v) is 4.52. The molecular formula is C12H14FN3O2S. The number of rotatable bonds is 5. The summed E-state index contributed by atoms with van der Waals surface area (Å²) >= 11 is 4.76. The number of halogens is 1. The van der Waals surface area contributed by atoms with Crippen molar-refractivity contribution in [1.82, 2.24) is 10.2 Å². The molecule has 3 N–H and O–H groups in total. The first-order chi connectivity index (χ1) is 9.08. The Bertz CT molecular complexity index is 510. The van der Waals surface area contributed by atoms with Crippen LogP contribution in [0, 0.1) is 5.82 Å². The van der Waals surface area contributed by atoms with Crippen LogP contribution in [0.3, 0.4) is 0 Å². The smallest absolute Gasteiger partial charge is 0.317 e. The van der Waals surface area contributed by atoms with Crippen LogP contribution in [0.25, 0.3) is 0 Å². The summed E-state index contributed by atoms with van der Waals surface area (Å²) in [5.41, 5.74) is 5.86. The van der Waals surface area contributed by atoms with Gasteiger partial charge in [0, 0.05) is 18.7 Å². The number of amides is 2. The minimum absolute atomic E-state index is 0.118. The van der Waals surface area contributed by atoms with Gasteiger partial charge in [-0.25, -0.2) is 9.18 Å². The molecule has 0 atom stereocenters. The molecule has 0 aliphatic carbocycles. The Balaban J connectivity index is 1.89. The molecular weight excluding hydrogens is 269 g/mol. The number of hydrogen-bond donors (Lipinski definition) is 2. The van der Waals surface area contributed by atoms with Gasteiger partial charge in [-0.05, 0) is 18.2 Å². The van der Waals surface area contributed by atoms with Crippen molar-refractivity contribution < 1.29 is 13.9 Å². The van der Waals surface area contributed by atoms with E-state index >= 15 is 0 Å². The van der Waals surface area contributed by atoms with Crippen molar-refractivity contribution in [3.63, 3.8) is 0 Å². The van der Waals surface area contributed by atoms with E-state index in [9.17, 15) is 9.18 Å². The predicted octanol–water partition coefficient (Wildman–Crippen LogP) is 0.864. The Labute approximate surface area is 115 Å². The van der Waals surface area contributed by atoms with Gasteiger partial charge < -0.3 is 20.7 Å². The minimum Gasteiger partial charge on any atom is -0.489 e. The molecule has 0 aromatic heterocycles. The first-order valence-corrected chi connectivity index (χ1v) is 6.23. The van der Waals surface area contributed by atoms with Gasteiger partial charge in [0.1, 0.15) is 11.6 Å². The van der Waals surface area contributed by atoms with E-state index < -0.39 is 5.82 Å². The summed E-state index contributed by atoms with van der Waals surface area (Å²) < 4.78 is 19.0. The Morgan fingerprint density at radius 1 is 1.58 bits per heavy atom. The number of nitrogens with zero attached hydrogens (tertiary/aromatic N) is 1. The fourth-order valence-corrected chi connectivity index (χ4v) is 1.89. The molecule has 1 aliphatic heterocycles. The van der Waals surface area contributed by atoms with E-state index in [1.54, 1.807) is 11.0 Å². The summed E-state index contributed by atoms with van der Waals surface area (Å²) in [5.74, 6) is -0.393. The Morgan fingerprint density at radius 2 is 2.37 bits per heavy atom. The van der Waals surface area contributed by atoms with Gasteiger partial charge in [0.15, 0.2) is 11.6 Å². The highest BCUT2D eigenvalue weighted by Crippen LogP contribution is 2.18. The molecule has 1 aromatic rings. The summed E-state index contributed by atoms with van der Waals surface area (Å²) in [6.45, 7) is 1.93. The maximum Gasteiger partial charge on any atom is 0.317 e. The van der Waals surface area contributed by atoms with Crippen molar-refractivity contribution >= 4 is 23.2 Å². The highest BCUT2D eigenvalue weighted by atomic mass is 32.1. The fraction of sp³-hybridized carbons (Fsp3) is 0.333. The third kappa shape index (κ3) is 3.31. The van der Waals surface area contributed by atoms with E-state index in [2.05, 4.69) is 5.32 Å². The molecule has 0 bridgehead atoms. The van der Waals surface area contributed by atoms with Crippen LogP contribution in [-0.2, 0) is 0 Å². The van der Waals surface area contributed by atoms with Crippen LogP contribution in [0.4, 0.5) is 9.18 Å². The summed E-state index contributed by atoms with van der Waals surface area (Å²) in [5, 5.41) is 2.68. The van der Waals surface area contributed by atoms with Crippen LogP contribution in [0.15, 0.2) is 18.2 Å². The topological polar surface area (TPSA) is 67.6 Å². The van der Waals surface area contributed by atoms with Crippen LogP contribution in [0.1, 0.15) is 5.56 Å². The van der Waals surface area contributed by atoms with Crippen LogP contribution >= 0.6 is 12.2 Å². The number of nitrogens with two attached hydrogens (primary N) is 1. The average molecular weight is 283 g/mol. The van der Waals surface area contributed by atoms with Crippen molar-refractivity contribution in [2.24, 2.45) is 5.73 Å². The molecule has 0 spiro atoms. The van der Waals surface area contributed by atoms with Gasteiger partial charge in [0.05, 0.1) is 6.54 Å². The maximum atomic E-state index is 13.7. The van der Waals surface area contributed by atoms with Gasteiger partial charge in [-0.3, -0.25) is 0 Å². The number of ether oxygens (including phenoxy) is 1. The Kier molecular flexibility index (Phi) is 4.16. The van der Waals surface area contributed by atoms with E-state index in [4.69, 9.17) is 22.7 Å². The largest absolute Gasteiger partial charge is 0.489 e. The van der Waals surface area contributed by atoms with Crippen molar-refractivity contribution in [3.8, 4) is 5.75 Å². The standard InChI is InChI=1S/C12H14FN3O2S/c13-9-7-8(11(14)19)1-2-10(9)18-6-5-16-4-3-15-12(16)17/h1-2,7H,3-6H2,(H2,14,19)(H,15,17). The third-order valence-corrected chi connectivity index (χ3v) is 3.02. The molecule has 19 heavy (non-hydrogen) atoms. The van der Waals surface area contributed by atoms with Crippen molar-refractivity contribution in [2.45, 2.75) is 0 Å². The molecule has 0 unspecified atom stereocenters. The van der Waals surface area contributed by atoms with Crippen molar-refractivity contribution in [1.29, 1.82) is 0 Å². The van der Waals surface area contributed by atoms with Gasteiger partial charge in [0.25, 0.3) is 0 Å². The lowest BCUT2D eigenvalue weighted by Gasteiger charge is -2.15. The lowest BCUT2D eigenvalue weighted by Crippen LogP contribution is -2.31. The molecule has 1 fully saturated rings. The fourth-order valence-electron chi connectivity index (χ4n) is 1.76. The molecule has 2 rings (SSSR count). The maximum absolute atomic E-state index is 13.7. The van der Waals surface area contributed by atoms with Crippen LogP contribution < -0.4 is 15.8 Å². The van der Waals surface area contributed by atoms with Crippen molar-refractivity contribution in [3.05, 3.63) is 29.6 Å². The average Bonchev–Trinajstić information content (AvgIpc) is 2.77. The third-order valence-electron chi connectivity index (χ3n) is 2.78. The molecule has 5 nitrogen and oxygen atoms in total. The molecule has 1 aromatic carbocycles. The molecule has 7 heteroatoms. The van der Waals surface area contributed by atoms with Gasteiger partial charge in [-0.2, -0.15) is 0 Å². The SMILES string of the molecule is NC(=S)c1ccc(OCCN2CCNC2=O)c(F)c1. The lowest BCUT2D eigenvalue weighted by molar-refractivity contribution is 0.201. The normalized spacial score (nSPS) is 14.4. The quantitative estimate of drug-likeness (QED) is 0.787. The van der Waals surface area contributed by atoms with Gasteiger partial charge in [-0.15, -0.1) is 0 Å². The number of thiocarbonyl (C=S) groups is 1. The minimum atomic E-state index is -0.517. The van der Waals surface area contributed by atoms with E-state index in [0.717, 1.165) is 0 Å². The molecule has 1 saturated heterocycles. The van der Waals surface area contributed by atoms with Crippen LogP contribution in [-0.4, -0.2) is 42.2 Å². The van der Waals surface area contributed by atoms with Crippen LogP contribution in [0.2, 0.25) is 0 Å². The van der Waals surface area contributed by atoms with E-state index in [1.165, 1.54) is 12.1 Å². The Morgan fingerprint density at radius 3 is 2.95 bits per heavy atom. The number of hydrogen-bond acceptors (Lipinski definition) is 3. The monoisotopic (exact) mass is 283 g/mol. The van der Waals surface area contributed by atoms with Crippen LogP contribution in [0.5, 0.6) is 5.75 Å². The molecule has 102 valence electrons. The number of nitrogens with one attached hydrogen (secondary N) is 1. The summed E-state index contributed by atoms with van der Waals surface area (Å²) in [7, 11) is 0. The van der Waals surface area contributed by atoms with E-state index in [1.807, 2.05) is 0 Å². The summed E-state index contributed by atoms with van der Waals surface area (Å²) in [6, 6.07) is 4.20. The molecule has 2 amide bonds. The zero-order valence-electron chi connectivity index (χ0n) is 10.2. The zero-order valence-corrected chi connectivity index (χ0v) is 11.0. The lowest BCUT2D eigenvalue weighted by atomic mass is 10.2. The van der Waals surface area contributed by atoms with Gasteiger partial charge in [0.2, 0.25) is 0 Å². The highest BCUT2D eigenvalue weighted by Gasteiger charge is 2.18. The number of carbonyl (C=O) groups is 1. The second-order valence-electron chi connectivity index (χ2n) is 4.08. The summed E-state index contributed by atoms with van der Waals surface area (Å²) in [4.78, 5) is 13.0. The first kappa shape index (κ1) is 13.5. The van der Waals surface area contributed by atoms with Gasteiger partial charge in [-0.1, -0.05) is 12.2 Å². The first-order valence-electron chi connectivity index (χ1n) is 5.83. The Hall–Kier alpha value is -1.89. The van der Waals surface area contributed by atoms with Gasteiger partial charge >= 0.3 is 6.03 Å². The van der Waals surface area contributed by atoms with E-state index in [0.29, 0.717) is 25.2 Å².